The predicted octanol–water partition coefficient (Wildman–Crippen LogP) is 4.60. The van der Waals surface area contributed by atoms with Crippen LogP contribution in [0.2, 0.25) is 0 Å². The van der Waals surface area contributed by atoms with Gasteiger partial charge >= 0.3 is 0 Å². The van der Waals surface area contributed by atoms with Gasteiger partial charge in [-0.1, -0.05) is 37.1 Å². The summed E-state index contributed by atoms with van der Waals surface area (Å²) in [5.74, 6) is 0.639. The van der Waals surface area contributed by atoms with Gasteiger partial charge in [0.2, 0.25) is 5.91 Å². The van der Waals surface area contributed by atoms with Crippen LogP contribution in [0.25, 0.3) is 0 Å². The molecular weight excluding hydrogens is 379 g/mol. The van der Waals surface area contributed by atoms with Crippen molar-refractivity contribution in [3.8, 4) is 5.75 Å². The maximum absolute atomic E-state index is 13.5. The van der Waals surface area contributed by atoms with Crippen LogP contribution < -0.4 is 10.1 Å². The van der Waals surface area contributed by atoms with Crippen molar-refractivity contribution >= 4 is 5.91 Å². The van der Waals surface area contributed by atoms with Crippen molar-refractivity contribution in [2.45, 2.75) is 50.0 Å². The van der Waals surface area contributed by atoms with E-state index in [0.29, 0.717) is 6.54 Å². The third-order valence-electron chi connectivity index (χ3n) is 6.80. The lowest BCUT2D eigenvalue weighted by Gasteiger charge is -2.32. The van der Waals surface area contributed by atoms with Gasteiger partial charge in [0.25, 0.3) is 0 Å². The third-order valence-corrected chi connectivity index (χ3v) is 6.80. The Morgan fingerprint density at radius 1 is 1.10 bits per heavy atom. The molecule has 2 fully saturated rings. The maximum atomic E-state index is 13.5. The fraction of sp³-hybridized carbons (Fsp3) is 0.480. The van der Waals surface area contributed by atoms with Crippen LogP contribution in [-0.4, -0.2) is 37.6 Å². The van der Waals surface area contributed by atoms with Crippen LogP contribution in [0.4, 0.5) is 4.39 Å². The zero-order chi connectivity index (χ0) is 21.0. The summed E-state index contributed by atoms with van der Waals surface area (Å²) < 4.78 is 18.9. The zero-order valence-electron chi connectivity index (χ0n) is 17.7. The van der Waals surface area contributed by atoms with Crippen LogP contribution in [-0.2, 0) is 10.2 Å². The fourth-order valence-corrected chi connectivity index (χ4v) is 5.11. The molecule has 160 valence electrons. The van der Waals surface area contributed by atoms with Crippen LogP contribution in [0.3, 0.4) is 0 Å². The van der Waals surface area contributed by atoms with Gasteiger partial charge in [-0.3, -0.25) is 9.69 Å². The lowest BCUT2D eigenvalue weighted by Crippen LogP contribution is -2.46. The van der Waals surface area contributed by atoms with Crippen molar-refractivity contribution in [3.63, 3.8) is 0 Å². The van der Waals surface area contributed by atoms with Gasteiger partial charge in [-0.15, -0.1) is 0 Å². The van der Waals surface area contributed by atoms with E-state index in [2.05, 4.69) is 22.3 Å². The number of nitrogens with zero attached hydrogens (tertiary/aromatic N) is 1. The van der Waals surface area contributed by atoms with Gasteiger partial charge in [0.05, 0.1) is 18.6 Å². The lowest BCUT2D eigenvalue weighted by molar-refractivity contribution is -0.126. The Bertz CT molecular complexity index is 856. The van der Waals surface area contributed by atoms with Crippen LogP contribution in [0, 0.1) is 5.82 Å². The minimum Gasteiger partial charge on any atom is -0.497 e. The van der Waals surface area contributed by atoms with E-state index in [1.54, 1.807) is 19.2 Å². The van der Waals surface area contributed by atoms with Crippen LogP contribution in [0.1, 0.15) is 55.7 Å². The molecule has 4 rings (SSSR count). The highest BCUT2D eigenvalue weighted by Crippen LogP contribution is 2.41. The largest absolute Gasteiger partial charge is 0.497 e. The maximum Gasteiger partial charge on any atom is 0.230 e. The number of carbonyl (C=O) groups is 1. The fourth-order valence-electron chi connectivity index (χ4n) is 5.11. The molecule has 1 aliphatic heterocycles. The van der Waals surface area contributed by atoms with Gasteiger partial charge in [-0.2, -0.15) is 0 Å². The Labute approximate surface area is 178 Å². The standard InChI is InChI=1S/C25H31FN2O2/c1-30-22-8-6-7-19(17-22)23(28-15-4-5-16-28)18-27-24(29)25(13-2-3-14-25)20-9-11-21(26)12-10-20/h6-12,17,23H,2-5,13-16,18H2,1H3,(H,27,29). The molecule has 0 radical (unpaired) electrons. The van der Waals surface area contributed by atoms with Gasteiger partial charge in [-0.25, -0.2) is 4.39 Å². The summed E-state index contributed by atoms with van der Waals surface area (Å²) in [7, 11) is 1.68. The van der Waals surface area contributed by atoms with Crippen LogP contribution in [0.5, 0.6) is 5.75 Å². The van der Waals surface area contributed by atoms with Crippen molar-refractivity contribution in [1.82, 2.24) is 10.2 Å². The molecule has 0 aromatic heterocycles. The number of methoxy groups -OCH3 is 1. The molecule has 0 bridgehead atoms. The Balaban J connectivity index is 1.54. The third kappa shape index (κ3) is 4.22. The highest BCUT2D eigenvalue weighted by Gasteiger charge is 2.43. The first-order valence-electron chi connectivity index (χ1n) is 11.0. The molecule has 1 heterocycles. The molecule has 2 aliphatic rings. The van der Waals surface area contributed by atoms with Crippen LogP contribution in [0.15, 0.2) is 48.5 Å². The molecule has 2 aromatic carbocycles. The first kappa shape index (κ1) is 20.9. The number of likely N-dealkylation sites (tertiary alicyclic amines) is 1. The average Bonchev–Trinajstić information content (AvgIpc) is 3.48. The molecule has 1 amide bonds. The van der Waals surface area contributed by atoms with E-state index < -0.39 is 5.41 Å². The topological polar surface area (TPSA) is 41.6 Å². The molecule has 1 unspecified atom stereocenters. The lowest BCUT2D eigenvalue weighted by atomic mass is 9.78. The molecule has 0 spiro atoms. The molecule has 2 aromatic rings. The molecule has 1 N–H and O–H groups in total. The minimum absolute atomic E-state index is 0.0682. The average molecular weight is 411 g/mol. The summed E-state index contributed by atoms with van der Waals surface area (Å²) in [5, 5.41) is 3.28. The number of benzene rings is 2. The van der Waals surface area contributed by atoms with Crippen molar-refractivity contribution in [2.75, 3.05) is 26.7 Å². The van der Waals surface area contributed by atoms with E-state index >= 15 is 0 Å². The van der Waals surface area contributed by atoms with E-state index in [9.17, 15) is 9.18 Å². The zero-order valence-corrected chi connectivity index (χ0v) is 17.7. The van der Waals surface area contributed by atoms with E-state index in [4.69, 9.17) is 4.74 Å². The van der Waals surface area contributed by atoms with Gasteiger partial charge < -0.3 is 10.1 Å². The van der Waals surface area contributed by atoms with Crippen molar-refractivity contribution < 1.29 is 13.9 Å². The second kappa shape index (κ2) is 9.17. The van der Waals surface area contributed by atoms with E-state index in [1.807, 2.05) is 12.1 Å². The Kier molecular flexibility index (Phi) is 6.38. The number of hydrogen-bond donors (Lipinski definition) is 1. The normalized spacial score (nSPS) is 19.5. The SMILES string of the molecule is COc1cccc(C(CNC(=O)C2(c3ccc(F)cc3)CCCC2)N2CCCC2)c1. The van der Waals surface area contributed by atoms with E-state index in [1.165, 1.54) is 30.5 Å². The number of halogens is 1. The summed E-state index contributed by atoms with van der Waals surface area (Å²) in [6, 6.07) is 14.8. The Morgan fingerprint density at radius 3 is 2.47 bits per heavy atom. The highest BCUT2D eigenvalue weighted by atomic mass is 19.1. The second-order valence-corrected chi connectivity index (χ2v) is 8.54. The molecule has 5 heteroatoms. The molecule has 1 atom stereocenters. The van der Waals surface area contributed by atoms with Gasteiger partial charge in [0, 0.05) is 6.54 Å². The number of nitrogens with one attached hydrogen (secondary N) is 1. The Morgan fingerprint density at radius 2 is 1.80 bits per heavy atom. The van der Waals surface area contributed by atoms with Gasteiger partial charge in [0.1, 0.15) is 11.6 Å². The second-order valence-electron chi connectivity index (χ2n) is 8.54. The summed E-state index contributed by atoms with van der Waals surface area (Å²) >= 11 is 0. The van der Waals surface area contributed by atoms with Crippen molar-refractivity contribution in [2.24, 2.45) is 0 Å². The molecule has 1 saturated carbocycles. The monoisotopic (exact) mass is 410 g/mol. The predicted molar refractivity (Wildman–Crippen MR) is 116 cm³/mol. The number of amides is 1. The smallest absolute Gasteiger partial charge is 0.230 e. The molecule has 4 nitrogen and oxygen atoms in total. The number of rotatable bonds is 7. The first-order chi connectivity index (χ1) is 14.6. The number of hydrogen-bond acceptors (Lipinski definition) is 3. The molecule has 1 saturated heterocycles. The van der Waals surface area contributed by atoms with E-state index in [0.717, 1.165) is 50.1 Å². The summed E-state index contributed by atoms with van der Waals surface area (Å²) in [6.45, 7) is 2.65. The van der Waals surface area contributed by atoms with Crippen LogP contribution >= 0.6 is 0 Å². The summed E-state index contributed by atoms with van der Waals surface area (Å²) in [6.07, 6.45) is 6.06. The number of ether oxygens (including phenoxy) is 1. The summed E-state index contributed by atoms with van der Waals surface area (Å²) in [4.78, 5) is 15.9. The van der Waals surface area contributed by atoms with Gasteiger partial charge in [0.15, 0.2) is 0 Å². The first-order valence-corrected chi connectivity index (χ1v) is 11.0. The molecule has 30 heavy (non-hydrogen) atoms. The van der Waals surface area contributed by atoms with Gasteiger partial charge in [-0.05, 0) is 74.2 Å². The number of carbonyl (C=O) groups excluding carboxylic acids is 1. The summed E-state index contributed by atoms with van der Waals surface area (Å²) in [5.41, 5.74) is 1.55. The van der Waals surface area contributed by atoms with Crippen molar-refractivity contribution in [1.29, 1.82) is 0 Å². The minimum atomic E-state index is -0.544. The highest BCUT2D eigenvalue weighted by molar-refractivity contribution is 5.88. The molecule has 1 aliphatic carbocycles. The quantitative estimate of drug-likeness (QED) is 0.725. The Hall–Kier alpha value is -2.40. The van der Waals surface area contributed by atoms with Crippen molar-refractivity contribution in [3.05, 3.63) is 65.5 Å². The van der Waals surface area contributed by atoms with E-state index in [-0.39, 0.29) is 17.8 Å². The molecular formula is C25H31FN2O2.